The highest BCUT2D eigenvalue weighted by Gasteiger charge is 2.20. The Balaban J connectivity index is 2.62. The van der Waals surface area contributed by atoms with Crippen molar-refractivity contribution in [3.63, 3.8) is 0 Å². The molecule has 0 aliphatic carbocycles. The highest BCUT2D eigenvalue weighted by atomic mass is 19.2. The average molecular weight is 243 g/mol. The Kier molecular flexibility index (Phi) is 4.60. The summed E-state index contributed by atoms with van der Waals surface area (Å²) in [6, 6.07) is 3.72. The maximum atomic E-state index is 13.0. The van der Waals surface area contributed by atoms with E-state index >= 15 is 0 Å². The summed E-state index contributed by atoms with van der Waals surface area (Å²) in [7, 11) is 1.63. The molecular formula is C13H19F2NO. The first kappa shape index (κ1) is 14.1. The van der Waals surface area contributed by atoms with Crippen molar-refractivity contribution in [3.8, 4) is 0 Å². The summed E-state index contributed by atoms with van der Waals surface area (Å²) >= 11 is 0. The van der Waals surface area contributed by atoms with E-state index in [2.05, 4.69) is 0 Å². The number of halogens is 2. The van der Waals surface area contributed by atoms with Gasteiger partial charge in [-0.3, -0.25) is 0 Å². The number of methoxy groups -OCH3 is 1. The summed E-state index contributed by atoms with van der Waals surface area (Å²) in [5, 5.41) is 0. The van der Waals surface area contributed by atoms with Crippen LogP contribution in [-0.2, 0) is 11.2 Å². The van der Waals surface area contributed by atoms with Crippen LogP contribution in [0.4, 0.5) is 8.78 Å². The minimum atomic E-state index is -0.834. The molecule has 1 rings (SSSR count). The second kappa shape index (κ2) is 5.56. The van der Waals surface area contributed by atoms with Crippen LogP contribution in [0.1, 0.15) is 25.8 Å². The first-order valence-electron chi connectivity index (χ1n) is 5.59. The molecule has 0 amide bonds. The van der Waals surface area contributed by atoms with Crippen molar-refractivity contribution in [1.82, 2.24) is 0 Å². The summed E-state index contributed by atoms with van der Waals surface area (Å²) in [5.41, 5.74) is 6.35. The molecule has 0 radical (unpaired) electrons. The fourth-order valence-electron chi connectivity index (χ4n) is 1.76. The molecule has 0 aliphatic heterocycles. The van der Waals surface area contributed by atoms with Gasteiger partial charge in [-0.15, -0.1) is 0 Å². The van der Waals surface area contributed by atoms with E-state index in [0.29, 0.717) is 18.4 Å². The van der Waals surface area contributed by atoms with Crippen LogP contribution in [0, 0.1) is 11.6 Å². The SMILES string of the molecule is COC(C)(C)CC(N)Cc1ccc(F)c(F)c1. The van der Waals surface area contributed by atoms with Crippen LogP contribution in [0.25, 0.3) is 0 Å². The fourth-order valence-corrected chi connectivity index (χ4v) is 1.76. The van der Waals surface area contributed by atoms with E-state index < -0.39 is 11.6 Å². The molecule has 0 saturated heterocycles. The Morgan fingerprint density at radius 1 is 1.29 bits per heavy atom. The molecule has 2 N–H and O–H groups in total. The molecule has 96 valence electrons. The maximum Gasteiger partial charge on any atom is 0.159 e. The van der Waals surface area contributed by atoms with Crippen molar-refractivity contribution in [2.75, 3.05) is 7.11 Å². The van der Waals surface area contributed by atoms with Gasteiger partial charge in [-0.1, -0.05) is 6.07 Å². The van der Waals surface area contributed by atoms with E-state index in [4.69, 9.17) is 10.5 Å². The van der Waals surface area contributed by atoms with Gasteiger partial charge in [0, 0.05) is 13.2 Å². The maximum absolute atomic E-state index is 13.0. The number of ether oxygens (including phenoxy) is 1. The van der Waals surface area contributed by atoms with Crippen LogP contribution in [0.2, 0.25) is 0 Å². The quantitative estimate of drug-likeness (QED) is 0.862. The minimum Gasteiger partial charge on any atom is -0.379 e. The van der Waals surface area contributed by atoms with Gasteiger partial charge in [0.1, 0.15) is 0 Å². The average Bonchev–Trinajstić information content (AvgIpc) is 2.23. The van der Waals surface area contributed by atoms with Gasteiger partial charge in [0.15, 0.2) is 11.6 Å². The lowest BCUT2D eigenvalue weighted by Gasteiger charge is -2.26. The molecule has 0 aromatic heterocycles. The molecule has 17 heavy (non-hydrogen) atoms. The lowest BCUT2D eigenvalue weighted by atomic mass is 9.94. The third-order valence-corrected chi connectivity index (χ3v) is 2.79. The second-order valence-corrected chi connectivity index (χ2v) is 4.88. The molecular weight excluding hydrogens is 224 g/mol. The number of benzene rings is 1. The van der Waals surface area contributed by atoms with Crippen molar-refractivity contribution < 1.29 is 13.5 Å². The van der Waals surface area contributed by atoms with E-state index in [1.165, 1.54) is 6.07 Å². The van der Waals surface area contributed by atoms with Crippen molar-refractivity contribution in [2.45, 2.75) is 38.3 Å². The molecule has 4 heteroatoms. The topological polar surface area (TPSA) is 35.2 Å². The van der Waals surface area contributed by atoms with E-state index in [9.17, 15) is 8.78 Å². The Bertz CT molecular complexity index is 380. The van der Waals surface area contributed by atoms with Gasteiger partial charge in [-0.05, 0) is 44.4 Å². The molecule has 0 spiro atoms. The lowest BCUT2D eigenvalue weighted by Crippen LogP contribution is -2.35. The van der Waals surface area contributed by atoms with Crippen LogP contribution in [-0.4, -0.2) is 18.8 Å². The summed E-state index contributed by atoms with van der Waals surface area (Å²) in [6.07, 6.45) is 1.16. The number of hydrogen-bond acceptors (Lipinski definition) is 2. The summed E-state index contributed by atoms with van der Waals surface area (Å²) in [5.74, 6) is -1.67. The Hall–Kier alpha value is -1.00. The van der Waals surface area contributed by atoms with Gasteiger partial charge in [0.2, 0.25) is 0 Å². The van der Waals surface area contributed by atoms with Crippen LogP contribution in [0.5, 0.6) is 0 Å². The van der Waals surface area contributed by atoms with Crippen molar-refractivity contribution in [3.05, 3.63) is 35.4 Å². The largest absolute Gasteiger partial charge is 0.379 e. The number of nitrogens with two attached hydrogens (primary N) is 1. The molecule has 0 fully saturated rings. The van der Waals surface area contributed by atoms with Gasteiger partial charge in [-0.2, -0.15) is 0 Å². The molecule has 0 heterocycles. The van der Waals surface area contributed by atoms with E-state index in [-0.39, 0.29) is 11.6 Å². The smallest absolute Gasteiger partial charge is 0.159 e. The molecule has 0 bridgehead atoms. The number of hydrogen-bond donors (Lipinski definition) is 1. The predicted octanol–water partition coefficient (Wildman–Crippen LogP) is 2.65. The Morgan fingerprint density at radius 2 is 1.94 bits per heavy atom. The monoisotopic (exact) mass is 243 g/mol. The van der Waals surface area contributed by atoms with E-state index in [0.717, 1.165) is 6.07 Å². The number of rotatable bonds is 5. The summed E-state index contributed by atoms with van der Waals surface area (Å²) in [4.78, 5) is 0. The zero-order valence-corrected chi connectivity index (χ0v) is 10.5. The molecule has 0 aliphatic rings. The standard InChI is InChI=1S/C13H19F2NO/c1-13(2,17-3)8-10(16)6-9-4-5-11(14)12(15)7-9/h4-5,7,10H,6,8,16H2,1-3H3. The molecule has 1 atom stereocenters. The predicted molar refractivity (Wildman–Crippen MR) is 63.7 cm³/mol. The lowest BCUT2D eigenvalue weighted by molar-refractivity contribution is 0.0102. The molecule has 1 aromatic rings. The van der Waals surface area contributed by atoms with Gasteiger partial charge < -0.3 is 10.5 Å². The summed E-state index contributed by atoms with van der Waals surface area (Å²) in [6.45, 7) is 3.89. The van der Waals surface area contributed by atoms with Crippen molar-refractivity contribution in [2.24, 2.45) is 5.73 Å². The van der Waals surface area contributed by atoms with Crippen LogP contribution >= 0.6 is 0 Å². The highest BCUT2D eigenvalue weighted by molar-refractivity contribution is 5.18. The second-order valence-electron chi connectivity index (χ2n) is 4.88. The van der Waals surface area contributed by atoms with Crippen molar-refractivity contribution >= 4 is 0 Å². The first-order chi connectivity index (χ1) is 7.84. The van der Waals surface area contributed by atoms with Crippen molar-refractivity contribution in [1.29, 1.82) is 0 Å². The van der Waals surface area contributed by atoms with E-state index in [1.54, 1.807) is 13.2 Å². The van der Waals surface area contributed by atoms with Crippen LogP contribution in [0.3, 0.4) is 0 Å². The minimum absolute atomic E-state index is 0.144. The van der Waals surface area contributed by atoms with E-state index in [1.807, 2.05) is 13.8 Å². The molecule has 1 unspecified atom stereocenters. The van der Waals surface area contributed by atoms with Gasteiger partial charge >= 0.3 is 0 Å². The molecule has 1 aromatic carbocycles. The molecule has 0 saturated carbocycles. The van der Waals surface area contributed by atoms with Crippen LogP contribution < -0.4 is 5.73 Å². The molecule has 2 nitrogen and oxygen atoms in total. The van der Waals surface area contributed by atoms with Gasteiger partial charge in [0.25, 0.3) is 0 Å². The highest BCUT2D eigenvalue weighted by Crippen LogP contribution is 2.18. The first-order valence-corrected chi connectivity index (χ1v) is 5.59. The third kappa shape index (κ3) is 4.40. The fraction of sp³-hybridized carbons (Fsp3) is 0.538. The summed E-state index contributed by atoms with van der Waals surface area (Å²) < 4.78 is 31.0. The van der Waals surface area contributed by atoms with Crippen LogP contribution in [0.15, 0.2) is 18.2 Å². The zero-order chi connectivity index (χ0) is 13.1. The Morgan fingerprint density at radius 3 is 2.47 bits per heavy atom. The zero-order valence-electron chi connectivity index (χ0n) is 10.5. The van der Waals surface area contributed by atoms with Gasteiger partial charge in [-0.25, -0.2) is 8.78 Å². The normalized spacial score (nSPS) is 13.8. The van der Waals surface area contributed by atoms with Gasteiger partial charge in [0.05, 0.1) is 5.60 Å². The third-order valence-electron chi connectivity index (χ3n) is 2.79. The Labute approximate surface area is 101 Å².